The predicted octanol–water partition coefficient (Wildman–Crippen LogP) is 5.07. The molecular weight excluding hydrogens is 384 g/mol. The molecule has 0 radical (unpaired) electrons. The standard InChI is InChI=1S/C27H30N2O2/c1-29(19-20-6-3-2-4-7-20)22-10-11-24-25(21-8-5-9-23(30)16-21)18-27(31-26(24)17-22)12-14-28-15-13-27/h2-11,16-17,25,28,30H,12-15,18-19H2,1H3. The first-order chi connectivity index (χ1) is 15.1. The van der Waals surface area contributed by atoms with E-state index in [0.717, 1.165) is 55.9 Å². The average Bonchev–Trinajstić information content (AvgIpc) is 2.79. The molecule has 3 aromatic rings. The first-order valence-electron chi connectivity index (χ1n) is 11.2. The molecule has 5 rings (SSSR count). The molecule has 2 aliphatic heterocycles. The topological polar surface area (TPSA) is 44.7 Å². The fourth-order valence-corrected chi connectivity index (χ4v) is 5.07. The number of nitrogens with zero attached hydrogens (tertiary/aromatic N) is 1. The Balaban J connectivity index is 1.50. The van der Waals surface area contributed by atoms with Crippen LogP contribution in [0.4, 0.5) is 5.69 Å². The molecule has 0 amide bonds. The Morgan fingerprint density at radius 3 is 2.58 bits per heavy atom. The number of phenolic OH excluding ortho intramolecular Hbond substituents is 1. The zero-order valence-corrected chi connectivity index (χ0v) is 18.1. The van der Waals surface area contributed by atoms with Gasteiger partial charge in [0.15, 0.2) is 0 Å². The summed E-state index contributed by atoms with van der Waals surface area (Å²) in [5.74, 6) is 1.53. The van der Waals surface area contributed by atoms with Crippen LogP contribution in [0.3, 0.4) is 0 Å². The second-order valence-corrected chi connectivity index (χ2v) is 8.95. The van der Waals surface area contributed by atoms with E-state index >= 15 is 0 Å². The van der Waals surface area contributed by atoms with E-state index in [1.807, 2.05) is 12.1 Å². The van der Waals surface area contributed by atoms with E-state index in [1.165, 1.54) is 11.1 Å². The molecular formula is C27H30N2O2. The summed E-state index contributed by atoms with van der Waals surface area (Å²) in [6, 6.07) is 24.9. The van der Waals surface area contributed by atoms with Gasteiger partial charge in [0, 0.05) is 36.8 Å². The first kappa shape index (κ1) is 20.0. The lowest BCUT2D eigenvalue weighted by atomic mass is 9.75. The molecule has 2 heterocycles. The number of rotatable bonds is 4. The highest BCUT2D eigenvalue weighted by molar-refractivity contribution is 5.57. The quantitative estimate of drug-likeness (QED) is 0.626. The fourth-order valence-electron chi connectivity index (χ4n) is 5.07. The molecule has 1 saturated heterocycles. The van der Waals surface area contributed by atoms with Crippen LogP contribution in [0.25, 0.3) is 0 Å². The van der Waals surface area contributed by atoms with E-state index in [9.17, 15) is 5.11 Å². The van der Waals surface area contributed by atoms with Crippen molar-refractivity contribution >= 4 is 5.69 Å². The molecule has 0 bridgehead atoms. The van der Waals surface area contributed by atoms with Crippen LogP contribution in [-0.4, -0.2) is 30.8 Å². The second-order valence-electron chi connectivity index (χ2n) is 8.95. The first-order valence-corrected chi connectivity index (χ1v) is 11.2. The minimum atomic E-state index is -0.148. The molecule has 31 heavy (non-hydrogen) atoms. The monoisotopic (exact) mass is 414 g/mol. The number of nitrogens with one attached hydrogen (secondary N) is 1. The van der Waals surface area contributed by atoms with Crippen molar-refractivity contribution in [1.29, 1.82) is 0 Å². The van der Waals surface area contributed by atoms with Crippen LogP contribution < -0.4 is 15.0 Å². The lowest BCUT2D eigenvalue weighted by Crippen LogP contribution is -2.49. The number of fused-ring (bicyclic) bond motifs is 1. The summed E-state index contributed by atoms with van der Waals surface area (Å²) in [4.78, 5) is 2.27. The van der Waals surface area contributed by atoms with Crippen LogP contribution >= 0.6 is 0 Å². The van der Waals surface area contributed by atoms with Gasteiger partial charge in [-0.15, -0.1) is 0 Å². The summed E-state index contributed by atoms with van der Waals surface area (Å²) in [5, 5.41) is 13.6. The van der Waals surface area contributed by atoms with Crippen LogP contribution in [0.5, 0.6) is 11.5 Å². The molecule has 3 aromatic carbocycles. The minimum absolute atomic E-state index is 0.148. The summed E-state index contributed by atoms with van der Waals surface area (Å²) in [6.07, 6.45) is 2.96. The van der Waals surface area contributed by atoms with Crippen molar-refractivity contribution in [3.63, 3.8) is 0 Å². The summed E-state index contributed by atoms with van der Waals surface area (Å²) < 4.78 is 6.75. The van der Waals surface area contributed by atoms with E-state index in [1.54, 1.807) is 6.07 Å². The number of ether oxygens (including phenoxy) is 1. The van der Waals surface area contributed by atoms with E-state index in [2.05, 4.69) is 71.9 Å². The number of anilines is 1. The van der Waals surface area contributed by atoms with Crippen molar-refractivity contribution in [3.05, 3.63) is 89.5 Å². The third-order valence-corrected chi connectivity index (χ3v) is 6.77. The Hall–Kier alpha value is -2.98. The Labute approximate surface area is 184 Å². The van der Waals surface area contributed by atoms with Crippen molar-refractivity contribution < 1.29 is 9.84 Å². The highest BCUT2D eigenvalue weighted by Gasteiger charge is 2.42. The maximum absolute atomic E-state index is 10.1. The van der Waals surface area contributed by atoms with Crippen molar-refractivity contribution in [3.8, 4) is 11.5 Å². The van der Waals surface area contributed by atoms with Gasteiger partial charge in [-0.2, -0.15) is 0 Å². The van der Waals surface area contributed by atoms with Crippen molar-refractivity contribution in [2.75, 3.05) is 25.0 Å². The highest BCUT2D eigenvalue weighted by Crippen LogP contribution is 2.48. The molecule has 0 aliphatic carbocycles. The molecule has 2 N–H and O–H groups in total. The molecule has 1 atom stereocenters. The Morgan fingerprint density at radius 1 is 1.00 bits per heavy atom. The van der Waals surface area contributed by atoms with Crippen LogP contribution in [0.2, 0.25) is 0 Å². The number of hydrogen-bond acceptors (Lipinski definition) is 4. The van der Waals surface area contributed by atoms with E-state index < -0.39 is 0 Å². The predicted molar refractivity (Wildman–Crippen MR) is 125 cm³/mol. The maximum atomic E-state index is 10.1. The van der Waals surface area contributed by atoms with Crippen LogP contribution in [0, 0.1) is 0 Å². The zero-order valence-electron chi connectivity index (χ0n) is 18.1. The van der Waals surface area contributed by atoms with Gasteiger partial charge in [-0.1, -0.05) is 48.5 Å². The Kier molecular flexibility index (Phi) is 5.33. The number of aromatic hydroxyl groups is 1. The average molecular weight is 415 g/mol. The van der Waals surface area contributed by atoms with Gasteiger partial charge in [0.2, 0.25) is 0 Å². The third-order valence-electron chi connectivity index (χ3n) is 6.77. The van der Waals surface area contributed by atoms with E-state index in [4.69, 9.17) is 4.74 Å². The molecule has 0 saturated carbocycles. The molecule has 0 aromatic heterocycles. The Morgan fingerprint density at radius 2 is 1.81 bits per heavy atom. The lowest BCUT2D eigenvalue weighted by molar-refractivity contribution is 0.0114. The highest BCUT2D eigenvalue weighted by atomic mass is 16.5. The summed E-state index contributed by atoms with van der Waals surface area (Å²) in [5.41, 5.74) is 4.67. The molecule has 160 valence electrons. The molecule has 1 spiro atoms. The normalized spacial score (nSPS) is 19.5. The largest absolute Gasteiger partial charge is 0.508 e. The van der Waals surface area contributed by atoms with Gasteiger partial charge >= 0.3 is 0 Å². The lowest BCUT2D eigenvalue weighted by Gasteiger charge is -2.45. The van der Waals surface area contributed by atoms with Crippen molar-refractivity contribution in [2.45, 2.75) is 37.3 Å². The summed E-state index contributed by atoms with van der Waals surface area (Å²) >= 11 is 0. The molecule has 4 heteroatoms. The van der Waals surface area contributed by atoms with Gasteiger partial charge in [-0.05, 0) is 61.7 Å². The van der Waals surface area contributed by atoms with Crippen molar-refractivity contribution in [2.24, 2.45) is 0 Å². The van der Waals surface area contributed by atoms with Gasteiger partial charge in [0.05, 0.1) is 0 Å². The third kappa shape index (κ3) is 4.13. The van der Waals surface area contributed by atoms with E-state index in [-0.39, 0.29) is 11.5 Å². The Bertz CT molecular complexity index is 1040. The SMILES string of the molecule is CN(Cc1ccccc1)c1ccc2c(c1)OC1(CCNCC1)CC2c1cccc(O)c1. The van der Waals surface area contributed by atoms with Gasteiger partial charge in [0.1, 0.15) is 17.1 Å². The number of piperidine rings is 1. The number of benzene rings is 3. The van der Waals surface area contributed by atoms with Gasteiger partial charge in [-0.25, -0.2) is 0 Å². The summed E-state index contributed by atoms with van der Waals surface area (Å²) in [7, 11) is 2.13. The maximum Gasteiger partial charge on any atom is 0.126 e. The van der Waals surface area contributed by atoms with Gasteiger partial charge < -0.3 is 20.1 Å². The van der Waals surface area contributed by atoms with Crippen LogP contribution in [0.1, 0.15) is 41.9 Å². The minimum Gasteiger partial charge on any atom is -0.508 e. The molecule has 4 nitrogen and oxygen atoms in total. The fraction of sp³-hybridized carbons (Fsp3) is 0.333. The van der Waals surface area contributed by atoms with Crippen molar-refractivity contribution in [1.82, 2.24) is 5.32 Å². The second kappa shape index (κ2) is 8.27. The summed E-state index contributed by atoms with van der Waals surface area (Å²) in [6.45, 7) is 2.82. The number of hydrogen-bond donors (Lipinski definition) is 2. The van der Waals surface area contributed by atoms with Crippen LogP contribution in [-0.2, 0) is 6.54 Å². The molecule has 1 fully saturated rings. The van der Waals surface area contributed by atoms with E-state index in [0.29, 0.717) is 5.75 Å². The number of phenols is 1. The van der Waals surface area contributed by atoms with Gasteiger partial charge in [0.25, 0.3) is 0 Å². The smallest absolute Gasteiger partial charge is 0.126 e. The zero-order chi connectivity index (χ0) is 21.3. The molecule has 2 aliphatic rings. The van der Waals surface area contributed by atoms with Crippen LogP contribution in [0.15, 0.2) is 72.8 Å². The van der Waals surface area contributed by atoms with Gasteiger partial charge in [-0.3, -0.25) is 0 Å². The molecule has 1 unspecified atom stereocenters.